The maximum atomic E-state index is 11.3. The van der Waals surface area contributed by atoms with Crippen LogP contribution in [-0.4, -0.2) is 22.6 Å². The summed E-state index contributed by atoms with van der Waals surface area (Å²) in [7, 11) is 3.24. The first-order valence-electron chi connectivity index (χ1n) is 16.5. The molecule has 0 bridgehead atoms. The van der Waals surface area contributed by atoms with E-state index in [1.165, 1.54) is 0 Å². The van der Waals surface area contributed by atoms with Gasteiger partial charge in [-0.15, -0.1) is 0 Å². The largest absolute Gasteiger partial charge is 0.507 e. The van der Waals surface area contributed by atoms with E-state index in [4.69, 9.17) is 9.98 Å². The quantitative estimate of drug-likeness (QED) is 0.151. The third-order valence-electron chi connectivity index (χ3n) is 8.26. The predicted molar refractivity (Wildman–Crippen MR) is 210 cm³/mol. The van der Waals surface area contributed by atoms with E-state index in [1.807, 2.05) is 48.5 Å². The summed E-state index contributed by atoms with van der Waals surface area (Å²) in [5.41, 5.74) is 6.68. The number of para-hydroxylation sites is 2. The summed E-state index contributed by atoms with van der Waals surface area (Å²) in [5, 5.41) is 22.5. The molecule has 0 aliphatic heterocycles. The van der Waals surface area contributed by atoms with E-state index >= 15 is 0 Å². The molecule has 0 fully saturated rings. The second-order valence-electron chi connectivity index (χ2n) is 16.5. The lowest BCUT2D eigenvalue weighted by Gasteiger charge is -2.27. The molecule has 0 spiro atoms. The zero-order valence-corrected chi connectivity index (χ0v) is 32.3. The summed E-state index contributed by atoms with van der Waals surface area (Å²) in [4.78, 5) is 11.8. The molecule has 48 heavy (non-hydrogen) atoms. The van der Waals surface area contributed by atoms with E-state index in [0.29, 0.717) is 11.1 Å². The summed E-state index contributed by atoms with van der Waals surface area (Å²) < 4.78 is 0. The van der Waals surface area contributed by atoms with E-state index in [1.54, 1.807) is 34.0 Å². The lowest BCUT2D eigenvalue weighted by Crippen LogP contribution is -2.17. The molecule has 4 aromatic rings. The van der Waals surface area contributed by atoms with Crippen molar-refractivity contribution in [3.8, 4) is 11.5 Å². The monoisotopic (exact) mass is 680 g/mol. The molecule has 4 aromatic carbocycles. The van der Waals surface area contributed by atoms with Crippen molar-refractivity contribution in [1.29, 1.82) is 0 Å². The smallest absolute Gasteiger partial charge is 0.128 e. The van der Waals surface area contributed by atoms with Crippen molar-refractivity contribution < 1.29 is 10.2 Å². The van der Waals surface area contributed by atoms with Gasteiger partial charge in [-0.25, -0.2) is 0 Å². The first-order valence-corrected chi connectivity index (χ1v) is 18.7. The maximum Gasteiger partial charge on any atom is 0.128 e. The Hall–Kier alpha value is -3.48. The Balaban J connectivity index is 1.64. The molecule has 0 unspecified atom stereocenters. The number of benzene rings is 4. The molecule has 0 aliphatic carbocycles. The normalized spacial score (nSPS) is 13.2. The molecule has 254 valence electrons. The molecule has 6 heteroatoms. The molecule has 0 saturated heterocycles. The minimum absolute atomic E-state index is 0.0699. The van der Waals surface area contributed by atoms with Crippen LogP contribution in [0.25, 0.3) is 0 Å². The van der Waals surface area contributed by atoms with Crippen molar-refractivity contribution in [2.24, 2.45) is 9.98 Å². The molecule has 0 radical (unpaired) electrons. The van der Waals surface area contributed by atoms with Crippen molar-refractivity contribution in [2.75, 3.05) is 0 Å². The first kappa shape index (κ1) is 37.3. The summed E-state index contributed by atoms with van der Waals surface area (Å²) >= 11 is 0. The van der Waals surface area contributed by atoms with Crippen molar-refractivity contribution in [1.82, 2.24) is 0 Å². The maximum absolute atomic E-state index is 11.3. The Morgan fingerprint density at radius 3 is 1.12 bits per heavy atom. The third kappa shape index (κ3) is 9.15. The van der Waals surface area contributed by atoms with Crippen LogP contribution in [0.4, 0.5) is 11.4 Å². The molecule has 0 aliphatic rings. The Morgan fingerprint density at radius 2 is 0.812 bits per heavy atom. The van der Waals surface area contributed by atoms with E-state index in [0.717, 1.165) is 43.4 Å². The highest BCUT2D eigenvalue weighted by Gasteiger charge is 2.26. The fraction of sp³-hybridized carbons (Fsp3) is 0.381. The molecule has 2 N–H and O–H groups in total. The molecule has 0 saturated carbocycles. The van der Waals surface area contributed by atoms with Crippen LogP contribution in [-0.2, 0) is 21.7 Å². The van der Waals surface area contributed by atoms with Crippen LogP contribution in [0.5, 0.6) is 11.5 Å². The third-order valence-corrected chi connectivity index (χ3v) is 10.7. The van der Waals surface area contributed by atoms with Gasteiger partial charge in [0.15, 0.2) is 0 Å². The van der Waals surface area contributed by atoms with Gasteiger partial charge in [-0.1, -0.05) is 141 Å². The molecular weight excluding hydrogens is 629 g/mol. The molecule has 4 nitrogen and oxygen atoms in total. The number of rotatable bonds is 7. The van der Waals surface area contributed by atoms with Gasteiger partial charge in [0.05, 0.1) is 11.4 Å². The van der Waals surface area contributed by atoms with E-state index in [-0.39, 0.29) is 33.2 Å². The fourth-order valence-electron chi connectivity index (χ4n) is 5.16. The highest BCUT2D eigenvalue weighted by Crippen LogP contribution is 2.45. The summed E-state index contributed by atoms with van der Waals surface area (Å²) in [6, 6.07) is 24.5. The number of phenolic OH excluding ortho intramolecular Hbond substituents is 2. The van der Waals surface area contributed by atoms with Crippen LogP contribution in [0.3, 0.4) is 0 Å². The van der Waals surface area contributed by atoms with Gasteiger partial charge in [-0.3, -0.25) is 9.98 Å². The first-order chi connectivity index (χ1) is 22.2. The lowest BCUT2D eigenvalue weighted by atomic mass is 9.79. The number of hydrogen-bond acceptors (Lipinski definition) is 6. The highest BCUT2D eigenvalue weighted by molar-refractivity contribution is 8.76. The topological polar surface area (TPSA) is 65.2 Å². The van der Waals surface area contributed by atoms with Crippen LogP contribution in [0, 0.1) is 0 Å². The minimum Gasteiger partial charge on any atom is -0.507 e. The number of hydrogen-bond donors (Lipinski definition) is 2. The minimum atomic E-state index is -0.211. The Morgan fingerprint density at radius 1 is 0.479 bits per heavy atom. The summed E-state index contributed by atoms with van der Waals surface area (Å²) in [6.07, 6.45) is 3.57. The molecule has 4 rings (SSSR count). The zero-order chi connectivity index (χ0) is 35.7. The van der Waals surface area contributed by atoms with Crippen LogP contribution < -0.4 is 0 Å². The van der Waals surface area contributed by atoms with Crippen LogP contribution in [0.2, 0.25) is 0 Å². The second-order valence-corrected chi connectivity index (χ2v) is 18.8. The zero-order valence-electron chi connectivity index (χ0n) is 30.7. The predicted octanol–water partition coefficient (Wildman–Crippen LogP) is 12.6. The average molecular weight is 681 g/mol. The van der Waals surface area contributed by atoms with E-state index < -0.39 is 0 Å². The van der Waals surface area contributed by atoms with Crippen LogP contribution >= 0.6 is 21.6 Å². The number of nitrogens with zero attached hydrogens (tertiary/aromatic N) is 2. The van der Waals surface area contributed by atoms with E-state index in [9.17, 15) is 10.2 Å². The highest BCUT2D eigenvalue weighted by atomic mass is 33.1. The average Bonchev–Trinajstić information content (AvgIpc) is 2.97. The van der Waals surface area contributed by atoms with Crippen LogP contribution in [0.15, 0.2) is 92.6 Å². The lowest BCUT2D eigenvalue weighted by molar-refractivity contribution is 0.443. The number of phenols is 2. The van der Waals surface area contributed by atoms with Gasteiger partial charge in [0.2, 0.25) is 0 Å². The molecule has 0 amide bonds. The van der Waals surface area contributed by atoms with Gasteiger partial charge in [-0.2, -0.15) is 0 Å². The van der Waals surface area contributed by atoms with Gasteiger partial charge in [-0.05, 0) is 69.2 Å². The number of aromatic hydroxyl groups is 2. The van der Waals surface area contributed by atoms with Gasteiger partial charge >= 0.3 is 0 Å². The van der Waals surface area contributed by atoms with Crippen molar-refractivity contribution >= 4 is 45.4 Å². The van der Waals surface area contributed by atoms with Crippen molar-refractivity contribution in [3.05, 3.63) is 106 Å². The Bertz CT molecular complexity index is 1690. The fourth-order valence-corrected chi connectivity index (χ4v) is 7.40. The van der Waals surface area contributed by atoms with Gasteiger partial charge in [0.25, 0.3) is 0 Å². The molecule has 0 atom stereocenters. The van der Waals surface area contributed by atoms with Crippen molar-refractivity contribution in [2.45, 2.75) is 115 Å². The van der Waals surface area contributed by atoms with Crippen LogP contribution in [0.1, 0.15) is 116 Å². The van der Waals surface area contributed by atoms with Gasteiger partial charge in [0, 0.05) is 44.5 Å². The second kappa shape index (κ2) is 14.2. The molecular formula is C42H52N2O2S2. The molecule has 0 heterocycles. The summed E-state index contributed by atoms with van der Waals surface area (Å²) in [5.74, 6) is 0.554. The number of aliphatic imine (C=N–C) groups is 2. The van der Waals surface area contributed by atoms with E-state index in [2.05, 4.69) is 107 Å². The SMILES string of the molecule is CC(C)(C)c1cc(C=Nc2ccccc2SSc2ccccc2N=Cc2cc(C(C)(C)C)cc(C(C)(C)C)c2O)c(O)c(C(C)(C)C)c1. The Kier molecular flexibility index (Phi) is 11.0. The van der Waals surface area contributed by atoms with Gasteiger partial charge < -0.3 is 10.2 Å². The Labute approximate surface area is 296 Å². The molecule has 0 aromatic heterocycles. The van der Waals surface area contributed by atoms with Crippen molar-refractivity contribution in [3.63, 3.8) is 0 Å². The standard InChI is InChI=1S/C42H52N2O2S2/c1-39(2,3)29-21-27(37(45)31(23-29)41(7,8)9)25-43-33-17-13-15-19-35(33)47-48-36-20-16-14-18-34(36)44-26-28-22-30(40(4,5)6)24-32(38(28)46)42(10,11)12/h13-26,45-46H,1-12H3. The van der Waals surface area contributed by atoms with Gasteiger partial charge in [0.1, 0.15) is 11.5 Å². The summed E-state index contributed by atoms with van der Waals surface area (Å²) in [6.45, 7) is 25.8.